The average molecular weight is 308 g/mol. The topological polar surface area (TPSA) is 37.8 Å². The Bertz CT molecular complexity index is 543. The van der Waals surface area contributed by atoms with Gasteiger partial charge < -0.3 is 5.32 Å². The molecule has 102 valence electrons. The standard InChI is InChI=1S/C11H9ClF3N3S/c12-8-5-7(11(13,14)15)6-9(18-8)16-2-1-10-17-3-4-19-10/h3-6H,1-2H2,(H,16,18). The maximum absolute atomic E-state index is 12.6. The van der Waals surface area contributed by atoms with Gasteiger partial charge in [-0.15, -0.1) is 11.3 Å². The summed E-state index contributed by atoms with van der Waals surface area (Å²) in [4.78, 5) is 7.88. The lowest BCUT2D eigenvalue weighted by molar-refractivity contribution is -0.137. The minimum Gasteiger partial charge on any atom is -0.370 e. The molecule has 0 aliphatic rings. The van der Waals surface area contributed by atoms with Crippen LogP contribution in [0.2, 0.25) is 5.15 Å². The van der Waals surface area contributed by atoms with Gasteiger partial charge in [-0.05, 0) is 12.1 Å². The summed E-state index contributed by atoms with van der Waals surface area (Å²) >= 11 is 7.06. The molecule has 3 nitrogen and oxygen atoms in total. The molecular formula is C11H9ClF3N3S. The van der Waals surface area contributed by atoms with Crippen molar-refractivity contribution in [1.82, 2.24) is 9.97 Å². The highest BCUT2D eigenvalue weighted by atomic mass is 35.5. The molecule has 0 amide bonds. The predicted molar refractivity (Wildman–Crippen MR) is 68.6 cm³/mol. The van der Waals surface area contributed by atoms with Gasteiger partial charge in [0.15, 0.2) is 0 Å². The van der Waals surface area contributed by atoms with Crippen LogP contribution in [0.5, 0.6) is 0 Å². The Morgan fingerprint density at radius 2 is 2.11 bits per heavy atom. The zero-order valence-corrected chi connectivity index (χ0v) is 11.1. The normalized spacial score (nSPS) is 11.6. The number of alkyl halides is 3. The molecule has 0 unspecified atom stereocenters. The van der Waals surface area contributed by atoms with Gasteiger partial charge >= 0.3 is 6.18 Å². The summed E-state index contributed by atoms with van der Waals surface area (Å²) in [6, 6.07) is 1.74. The van der Waals surface area contributed by atoms with Crippen molar-refractivity contribution in [2.24, 2.45) is 0 Å². The van der Waals surface area contributed by atoms with E-state index in [1.165, 1.54) is 11.3 Å². The maximum Gasteiger partial charge on any atom is 0.416 e. The Morgan fingerprint density at radius 3 is 2.74 bits per heavy atom. The largest absolute Gasteiger partial charge is 0.416 e. The van der Waals surface area contributed by atoms with Crippen LogP contribution in [-0.2, 0) is 12.6 Å². The molecule has 0 aliphatic heterocycles. The molecule has 0 bridgehead atoms. The van der Waals surface area contributed by atoms with E-state index in [4.69, 9.17) is 11.6 Å². The fourth-order valence-corrected chi connectivity index (χ4v) is 2.25. The third-order valence-corrected chi connectivity index (χ3v) is 3.28. The van der Waals surface area contributed by atoms with Gasteiger partial charge in [-0.25, -0.2) is 9.97 Å². The molecule has 8 heteroatoms. The fourth-order valence-electron chi connectivity index (χ4n) is 1.43. The molecule has 2 aromatic rings. The number of rotatable bonds is 4. The zero-order chi connectivity index (χ0) is 13.9. The van der Waals surface area contributed by atoms with Crippen LogP contribution < -0.4 is 5.32 Å². The summed E-state index contributed by atoms with van der Waals surface area (Å²) in [7, 11) is 0. The first-order valence-electron chi connectivity index (χ1n) is 5.32. The van der Waals surface area contributed by atoms with Crippen molar-refractivity contribution in [3.63, 3.8) is 0 Å². The number of hydrogen-bond donors (Lipinski definition) is 1. The molecular weight excluding hydrogens is 299 g/mol. The molecule has 0 atom stereocenters. The van der Waals surface area contributed by atoms with Crippen LogP contribution in [0.25, 0.3) is 0 Å². The lowest BCUT2D eigenvalue weighted by Crippen LogP contribution is -2.10. The van der Waals surface area contributed by atoms with Gasteiger partial charge in [-0.2, -0.15) is 13.2 Å². The number of aromatic nitrogens is 2. The van der Waals surface area contributed by atoms with Crippen molar-refractivity contribution in [3.05, 3.63) is 39.4 Å². The van der Waals surface area contributed by atoms with E-state index in [-0.39, 0.29) is 11.0 Å². The molecule has 0 saturated carbocycles. The first kappa shape index (κ1) is 14.1. The van der Waals surface area contributed by atoms with Crippen molar-refractivity contribution >= 4 is 28.8 Å². The molecule has 2 aromatic heterocycles. The van der Waals surface area contributed by atoms with E-state index < -0.39 is 11.7 Å². The minimum absolute atomic E-state index is 0.108. The lowest BCUT2D eigenvalue weighted by Gasteiger charge is -2.10. The van der Waals surface area contributed by atoms with Crippen molar-refractivity contribution in [2.45, 2.75) is 12.6 Å². The van der Waals surface area contributed by atoms with Crippen molar-refractivity contribution in [2.75, 3.05) is 11.9 Å². The molecule has 19 heavy (non-hydrogen) atoms. The molecule has 0 saturated heterocycles. The molecule has 0 spiro atoms. The van der Waals surface area contributed by atoms with Crippen LogP contribution in [0.3, 0.4) is 0 Å². The third-order valence-electron chi connectivity index (χ3n) is 2.25. The van der Waals surface area contributed by atoms with E-state index in [1.807, 2.05) is 5.38 Å². The zero-order valence-electron chi connectivity index (χ0n) is 9.54. The number of nitrogens with zero attached hydrogens (tertiary/aromatic N) is 2. The molecule has 0 radical (unpaired) electrons. The second kappa shape index (κ2) is 5.75. The Hall–Kier alpha value is -1.34. The number of thiazole rings is 1. The van der Waals surface area contributed by atoms with Crippen molar-refractivity contribution in [1.29, 1.82) is 0 Å². The number of hydrogen-bond acceptors (Lipinski definition) is 4. The van der Waals surface area contributed by atoms with Gasteiger partial charge in [0.25, 0.3) is 0 Å². The van der Waals surface area contributed by atoms with E-state index in [0.717, 1.165) is 17.1 Å². The minimum atomic E-state index is -4.43. The first-order chi connectivity index (χ1) is 8.95. The van der Waals surface area contributed by atoms with E-state index in [2.05, 4.69) is 15.3 Å². The highest BCUT2D eigenvalue weighted by Gasteiger charge is 2.31. The Morgan fingerprint density at radius 1 is 1.32 bits per heavy atom. The summed E-state index contributed by atoms with van der Waals surface area (Å²) < 4.78 is 37.7. The van der Waals surface area contributed by atoms with Gasteiger partial charge in [-0.1, -0.05) is 11.6 Å². The number of nitrogens with one attached hydrogen (secondary N) is 1. The number of pyridine rings is 1. The van der Waals surface area contributed by atoms with Crippen LogP contribution in [-0.4, -0.2) is 16.5 Å². The third kappa shape index (κ3) is 4.07. The van der Waals surface area contributed by atoms with Gasteiger partial charge in [0, 0.05) is 24.5 Å². The van der Waals surface area contributed by atoms with Gasteiger partial charge in [0.2, 0.25) is 0 Å². The van der Waals surface area contributed by atoms with E-state index in [0.29, 0.717) is 13.0 Å². The Balaban J connectivity index is 2.02. The van der Waals surface area contributed by atoms with E-state index in [9.17, 15) is 13.2 Å². The van der Waals surface area contributed by atoms with Gasteiger partial charge in [0.05, 0.1) is 10.6 Å². The first-order valence-corrected chi connectivity index (χ1v) is 6.58. The predicted octanol–water partition coefficient (Wildman–Crippen LogP) is 3.86. The second-order valence-corrected chi connectivity index (χ2v) is 5.03. The van der Waals surface area contributed by atoms with Crippen LogP contribution in [0.15, 0.2) is 23.7 Å². The highest BCUT2D eigenvalue weighted by Crippen LogP contribution is 2.31. The van der Waals surface area contributed by atoms with Crippen molar-refractivity contribution in [3.8, 4) is 0 Å². The quantitative estimate of drug-likeness (QED) is 0.872. The lowest BCUT2D eigenvalue weighted by atomic mass is 10.2. The maximum atomic E-state index is 12.6. The summed E-state index contributed by atoms with van der Waals surface area (Å²) in [6.45, 7) is 0.443. The van der Waals surface area contributed by atoms with Crippen LogP contribution in [0, 0.1) is 0 Å². The van der Waals surface area contributed by atoms with Crippen molar-refractivity contribution < 1.29 is 13.2 Å². The molecule has 2 rings (SSSR count). The van der Waals surface area contributed by atoms with E-state index in [1.54, 1.807) is 6.20 Å². The molecule has 1 N–H and O–H groups in total. The van der Waals surface area contributed by atoms with Crippen LogP contribution in [0.1, 0.15) is 10.6 Å². The highest BCUT2D eigenvalue weighted by molar-refractivity contribution is 7.09. The average Bonchev–Trinajstić information content (AvgIpc) is 2.80. The van der Waals surface area contributed by atoms with Crippen LogP contribution in [0.4, 0.5) is 19.0 Å². The summed E-state index contributed by atoms with van der Waals surface area (Å²) in [5.74, 6) is 0.108. The van der Waals surface area contributed by atoms with Gasteiger partial charge in [-0.3, -0.25) is 0 Å². The Kier molecular flexibility index (Phi) is 4.26. The molecule has 0 aliphatic carbocycles. The van der Waals surface area contributed by atoms with E-state index >= 15 is 0 Å². The Labute approximate surface area is 116 Å². The molecule has 0 fully saturated rings. The van der Waals surface area contributed by atoms with Gasteiger partial charge in [0.1, 0.15) is 11.0 Å². The monoisotopic (exact) mass is 307 g/mol. The molecule has 2 heterocycles. The number of halogens is 4. The van der Waals surface area contributed by atoms with Crippen LogP contribution >= 0.6 is 22.9 Å². The SMILES string of the molecule is FC(F)(F)c1cc(Cl)nc(NCCc2nccs2)c1. The summed E-state index contributed by atoms with van der Waals surface area (Å²) in [6.07, 6.45) is -2.13. The smallest absolute Gasteiger partial charge is 0.370 e. The number of anilines is 1. The summed E-state index contributed by atoms with van der Waals surface area (Å²) in [5, 5.41) is 5.37. The summed E-state index contributed by atoms with van der Waals surface area (Å²) in [5.41, 5.74) is -0.816. The molecule has 0 aromatic carbocycles. The second-order valence-electron chi connectivity index (χ2n) is 3.66. The fraction of sp³-hybridized carbons (Fsp3) is 0.273.